The van der Waals surface area contributed by atoms with E-state index in [0.29, 0.717) is 17.2 Å². The molecule has 0 spiro atoms. The second-order valence-electron chi connectivity index (χ2n) is 6.95. The fourth-order valence-electron chi connectivity index (χ4n) is 3.28. The molecule has 1 aliphatic rings. The molecular weight excluding hydrogens is 342 g/mol. The van der Waals surface area contributed by atoms with Crippen LogP contribution < -0.4 is 10.1 Å². The standard InChI is InChI=1S/C22H25NO4/c1-16-7-5-6-10-20(16)23-21(24)15-26-22(25)17-11-13-19(14-12-17)27-18-8-3-2-4-9-18/h2-4,8-9,11-14,16,20H,5-7,10,15H2,1H3,(H,23,24)/t16-,20-/m0/s1. The number of carbonyl (C=O) groups excluding carboxylic acids is 2. The molecule has 5 nitrogen and oxygen atoms in total. The van der Waals surface area contributed by atoms with Crippen LogP contribution in [0.4, 0.5) is 0 Å². The van der Waals surface area contributed by atoms with Gasteiger partial charge in [0.25, 0.3) is 5.91 Å². The molecule has 27 heavy (non-hydrogen) atoms. The number of amides is 1. The monoisotopic (exact) mass is 367 g/mol. The number of carbonyl (C=O) groups is 2. The van der Waals surface area contributed by atoms with E-state index in [2.05, 4.69) is 12.2 Å². The second-order valence-corrected chi connectivity index (χ2v) is 6.95. The summed E-state index contributed by atoms with van der Waals surface area (Å²) in [4.78, 5) is 24.2. The van der Waals surface area contributed by atoms with Crippen LogP contribution in [0.2, 0.25) is 0 Å². The van der Waals surface area contributed by atoms with E-state index in [4.69, 9.17) is 9.47 Å². The summed E-state index contributed by atoms with van der Waals surface area (Å²) in [6.07, 6.45) is 4.46. The van der Waals surface area contributed by atoms with Crippen LogP contribution in [0.25, 0.3) is 0 Å². The number of hydrogen-bond donors (Lipinski definition) is 1. The minimum atomic E-state index is -0.520. The number of esters is 1. The third kappa shape index (κ3) is 5.58. The molecule has 1 saturated carbocycles. The molecule has 3 rings (SSSR count). The Morgan fingerprint density at radius 2 is 1.63 bits per heavy atom. The normalized spacial score (nSPS) is 19.1. The van der Waals surface area contributed by atoms with Gasteiger partial charge in [0.15, 0.2) is 6.61 Å². The Morgan fingerprint density at radius 1 is 0.963 bits per heavy atom. The zero-order valence-electron chi connectivity index (χ0n) is 15.5. The SMILES string of the molecule is C[C@H]1CCCC[C@@H]1NC(=O)COC(=O)c1ccc(Oc2ccccc2)cc1. The first-order chi connectivity index (χ1) is 13.1. The van der Waals surface area contributed by atoms with Gasteiger partial charge in [-0.25, -0.2) is 4.79 Å². The molecule has 0 bridgehead atoms. The average Bonchev–Trinajstić information content (AvgIpc) is 2.69. The summed E-state index contributed by atoms with van der Waals surface area (Å²) in [6, 6.07) is 16.2. The van der Waals surface area contributed by atoms with E-state index in [9.17, 15) is 9.59 Å². The van der Waals surface area contributed by atoms with Crippen LogP contribution in [-0.4, -0.2) is 24.5 Å². The third-order valence-electron chi connectivity index (χ3n) is 4.86. The first-order valence-electron chi connectivity index (χ1n) is 9.41. The van der Waals surface area contributed by atoms with Gasteiger partial charge < -0.3 is 14.8 Å². The molecule has 5 heteroatoms. The van der Waals surface area contributed by atoms with Gasteiger partial charge in [0.1, 0.15) is 11.5 Å². The van der Waals surface area contributed by atoms with Crippen LogP contribution in [-0.2, 0) is 9.53 Å². The Bertz CT molecular complexity index is 758. The first-order valence-corrected chi connectivity index (χ1v) is 9.41. The lowest BCUT2D eigenvalue weighted by molar-refractivity contribution is -0.125. The highest BCUT2D eigenvalue weighted by Crippen LogP contribution is 2.24. The van der Waals surface area contributed by atoms with Gasteiger partial charge >= 0.3 is 5.97 Å². The van der Waals surface area contributed by atoms with Crippen molar-refractivity contribution in [2.75, 3.05) is 6.61 Å². The highest BCUT2D eigenvalue weighted by Gasteiger charge is 2.23. The lowest BCUT2D eigenvalue weighted by Crippen LogP contribution is -2.42. The summed E-state index contributed by atoms with van der Waals surface area (Å²) in [6.45, 7) is 1.89. The maximum atomic E-state index is 12.1. The summed E-state index contributed by atoms with van der Waals surface area (Å²) in [5.41, 5.74) is 0.384. The van der Waals surface area contributed by atoms with Gasteiger partial charge in [0.2, 0.25) is 0 Å². The summed E-state index contributed by atoms with van der Waals surface area (Å²) in [5.74, 6) is 1.05. The zero-order chi connectivity index (χ0) is 19.1. The quantitative estimate of drug-likeness (QED) is 0.772. The number of benzene rings is 2. The Hall–Kier alpha value is -2.82. The van der Waals surface area contributed by atoms with Crippen LogP contribution in [0.3, 0.4) is 0 Å². The van der Waals surface area contributed by atoms with Crippen molar-refractivity contribution in [3.05, 3.63) is 60.2 Å². The number of hydrogen-bond acceptors (Lipinski definition) is 4. The van der Waals surface area contributed by atoms with Crippen molar-refractivity contribution < 1.29 is 19.1 Å². The number of rotatable bonds is 6. The van der Waals surface area contributed by atoms with E-state index < -0.39 is 5.97 Å². The Kier molecular flexibility index (Phi) is 6.47. The van der Waals surface area contributed by atoms with Crippen LogP contribution in [0.15, 0.2) is 54.6 Å². The fraction of sp³-hybridized carbons (Fsp3) is 0.364. The summed E-state index contributed by atoms with van der Waals surface area (Å²) in [5, 5.41) is 2.98. The highest BCUT2D eigenvalue weighted by molar-refractivity contribution is 5.91. The maximum absolute atomic E-state index is 12.1. The first kappa shape index (κ1) is 19.0. The van der Waals surface area contributed by atoms with E-state index in [1.165, 1.54) is 6.42 Å². The minimum absolute atomic E-state index is 0.180. The highest BCUT2D eigenvalue weighted by atomic mass is 16.5. The average molecular weight is 367 g/mol. The number of ether oxygens (including phenoxy) is 2. The van der Waals surface area contributed by atoms with Crippen LogP contribution in [0.5, 0.6) is 11.5 Å². The van der Waals surface area contributed by atoms with E-state index >= 15 is 0 Å². The van der Waals surface area contributed by atoms with Crippen molar-refractivity contribution in [2.24, 2.45) is 5.92 Å². The topological polar surface area (TPSA) is 64.6 Å². The molecule has 0 unspecified atom stereocenters. The van der Waals surface area contributed by atoms with Crippen molar-refractivity contribution in [3.8, 4) is 11.5 Å². The van der Waals surface area contributed by atoms with Crippen LogP contribution in [0, 0.1) is 5.92 Å². The van der Waals surface area contributed by atoms with Gasteiger partial charge in [0, 0.05) is 6.04 Å². The predicted octanol–water partition coefficient (Wildman–Crippen LogP) is 4.33. The third-order valence-corrected chi connectivity index (χ3v) is 4.86. The zero-order valence-corrected chi connectivity index (χ0v) is 15.5. The summed E-state index contributed by atoms with van der Waals surface area (Å²) < 4.78 is 10.8. The minimum Gasteiger partial charge on any atom is -0.457 e. The molecule has 2 aromatic carbocycles. The van der Waals surface area contributed by atoms with Gasteiger partial charge in [-0.15, -0.1) is 0 Å². The van der Waals surface area contributed by atoms with Crippen molar-refractivity contribution in [1.29, 1.82) is 0 Å². The molecule has 0 aliphatic heterocycles. The largest absolute Gasteiger partial charge is 0.457 e. The van der Waals surface area contributed by atoms with Crippen molar-refractivity contribution in [1.82, 2.24) is 5.32 Å². The molecule has 0 heterocycles. The molecule has 142 valence electrons. The van der Waals surface area contributed by atoms with E-state index in [0.717, 1.165) is 25.0 Å². The van der Waals surface area contributed by atoms with E-state index in [1.54, 1.807) is 24.3 Å². The molecule has 0 aromatic heterocycles. The molecule has 1 N–H and O–H groups in total. The number of para-hydroxylation sites is 1. The van der Waals surface area contributed by atoms with E-state index in [-0.39, 0.29) is 18.6 Å². The molecule has 2 atom stereocenters. The van der Waals surface area contributed by atoms with Gasteiger partial charge in [-0.2, -0.15) is 0 Å². The van der Waals surface area contributed by atoms with Crippen molar-refractivity contribution in [3.63, 3.8) is 0 Å². The van der Waals surface area contributed by atoms with Crippen LogP contribution >= 0.6 is 0 Å². The van der Waals surface area contributed by atoms with Gasteiger partial charge in [-0.1, -0.05) is 38.0 Å². The van der Waals surface area contributed by atoms with Crippen LogP contribution in [0.1, 0.15) is 43.0 Å². The molecule has 0 radical (unpaired) electrons. The molecule has 2 aromatic rings. The van der Waals surface area contributed by atoms with Gasteiger partial charge in [-0.05, 0) is 55.2 Å². The molecule has 0 saturated heterocycles. The molecule has 1 fully saturated rings. The molecule has 1 aliphatic carbocycles. The summed E-state index contributed by atoms with van der Waals surface area (Å²) in [7, 11) is 0. The maximum Gasteiger partial charge on any atom is 0.338 e. The van der Waals surface area contributed by atoms with E-state index in [1.807, 2.05) is 30.3 Å². The lowest BCUT2D eigenvalue weighted by atomic mass is 9.86. The smallest absolute Gasteiger partial charge is 0.338 e. The fourth-order valence-corrected chi connectivity index (χ4v) is 3.28. The Balaban J connectivity index is 1.47. The molecule has 1 amide bonds. The Labute approximate surface area is 159 Å². The lowest BCUT2D eigenvalue weighted by Gasteiger charge is -2.29. The molecular formula is C22H25NO4. The number of nitrogens with one attached hydrogen (secondary N) is 1. The second kappa shape index (κ2) is 9.21. The van der Waals surface area contributed by atoms with Gasteiger partial charge in [-0.3, -0.25) is 4.79 Å². The van der Waals surface area contributed by atoms with Gasteiger partial charge in [0.05, 0.1) is 5.56 Å². The van der Waals surface area contributed by atoms with Crippen molar-refractivity contribution >= 4 is 11.9 Å². The van der Waals surface area contributed by atoms with Crippen molar-refractivity contribution in [2.45, 2.75) is 38.6 Å². The summed E-state index contributed by atoms with van der Waals surface area (Å²) >= 11 is 0. The predicted molar refractivity (Wildman–Crippen MR) is 103 cm³/mol. The Morgan fingerprint density at radius 3 is 2.33 bits per heavy atom.